The maximum absolute atomic E-state index is 12.5. The zero-order valence-corrected chi connectivity index (χ0v) is 26.0. The molecule has 1 fully saturated rings. The van der Waals surface area contributed by atoms with Gasteiger partial charge >= 0.3 is 6.09 Å². The number of nitrogens with zero attached hydrogens (tertiary/aromatic N) is 6. The highest BCUT2D eigenvalue weighted by Gasteiger charge is 2.34. The highest BCUT2D eigenvalue weighted by molar-refractivity contribution is 5.83. The van der Waals surface area contributed by atoms with Crippen LogP contribution in [0.4, 0.5) is 16.2 Å². The van der Waals surface area contributed by atoms with E-state index in [4.69, 9.17) is 19.2 Å². The third-order valence-corrected chi connectivity index (χ3v) is 7.29. The van der Waals surface area contributed by atoms with E-state index in [1.54, 1.807) is 42.3 Å². The molecule has 0 atom stereocenters. The van der Waals surface area contributed by atoms with E-state index < -0.39 is 11.2 Å². The Bertz CT molecular complexity index is 1690. The first-order chi connectivity index (χ1) is 20.9. The number of carbonyl (C=O) groups excluding carboxylic acids is 1. The molecule has 1 amide bonds. The van der Waals surface area contributed by atoms with Gasteiger partial charge in [-0.3, -0.25) is 9.67 Å². The fourth-order valence-corrected chi connectivity index (χ4v) is 4.93. The Hall–Kier alpha value is -4.82. The summed E-state index contributed by atoms with van der Waals surface area (Å²) in [6, 6.07) is 11.5. The summed E-state index contributed by atoms with van der Waals surface area (Å²) in [5.74, 6) is 7.55. The van der Waals surface area contributed by atoms with E-state index in [9.17, 15) is 9.90 Å². The van der Waals surface area contributed by atoms with Crippen LogP contribution in [0.15, 0.2) is 55.0 Å². The molecule has 0 radical (unpaired) electrons. The largest absolute Gasteiger partial charge is 0.497 e. The molecule has 0 spiro atoms. The average Bonchev–Trinajstić information content (AvgIpc) is 3.44. The van der Waals surface area contributed by atoms with E-state index >= 15 is 0 Å². The molecular weight excluding hydrogens is 560 g/mol. The standard InChI is InChI=1S/C33H38N6O5/c1-32(2,3)44-31(40)38-14-11-33(41,12-15-38)10-7-13-39(25-16-26(42-5)19-27(17-25)43-6)24-8-9-28-29(18-24)36-30(21-34-28)23-20-35-37(4)22-23/h8-9,16-22,41H,11-15H2,1-6H3. The summed E-state index contributed by atoms with van der Waals surface area (Å²) in [6.45, 7) is 6.49. The number of methoxy groups -OCH3 is 2. The second kappa shape index (κ2) is 12.4. The van der Waals surface area contributed by atoms with Crippen molar-refractivity contribution in [1.82, 2.24) is 24.6 Å². The summed E-state index contributed by atoms with van der Waals surface area (Å²) in [5.41, 5.74) is 2.88. The third kappa shape index (κ3) is 7.21. The number of carbonyl (C=O) groups is 1. The number of hydrogen-bond acceptors (Lipinski definition) is 9. The number of benzene rings is 2. The third-order valence-electron chi connectivity index (χ3n) is 7.29. The van der Waals surface area contributed by atoms with Crippen molar-refractivity contribution < 1.29 is 24.1 Å². The molecule has 1 saturated heterocycles. The molecule has 4 aromatic rings. The quantitative estimate of drug-likeness (QED) is 0.308. The lowest BCUT2D eigenvalue weighted by molar-refractivity contribution is -0.00516. The van der Waals surface area contributed by atoms with Crippen molar-refractivity contribution in [2.75, 3.05) is 38.8 Å². The Labute approximate surface area is 257 Å². The molecule has 2 aromatic carbocycles. The van der Waals surface area contributed by atoms with E-state index in [1.807, 2.05) is 69.2 Å². The van der Waals surface area contributed by atoms with Crippen LogP contribution < -0.4 is 14.4 Å². The second-order valence-corrected chi connectivity index (χ2v) is 11.8. The van der Waals surface area contributed by atoms with Crippen LogP contribution in [0.1, 0.15) is 33.6 Å². The molecular formula is C33H38N6O5. The number of anilines is 2. The Balaban J connectivity index is 1.44. The van der Waals surface area contributed by atoms with Gasteiger partial charge in [0.1, 0.15) is 22.7 Å². The summed E-state index contributed by atoms with van der Waals surface area (Å²) in [7, 11) is 5.07. The summed E-state index contributed by atoms with van der Waals surface area (Å²) >= 11 is 0. The summed E-state index contributed by atoms with van der Waals surface area (Å²) in [5, 5.41) is 15.5. The molecule has 44 heavy (non-hydrogen) atoms. The minimum absolute atomic E-state index is 0.260. The molecule has 1 N–H and O–H groups in total. The molecule has 3 heterocycles. The molecule has 0 saturated carbocycles. The first-order valence-electron chi connectivity index (χ1n) is 14.4. The number of fused-ring (bicyclic) bond motifs is 1. The lowest BCUT2D eigenvalue weighted by atomic mass is 9.92. The lowest BCUT2D eigenvalue weighted by Gasteiger charge is -2.36. The van der Waals surface area contributed by atoms with Crippen LogP contribution in [-0.2, 0) is 11.8 Å². The van der Waals surface area contributed by atoms with E-state index in [0.29, 0.717) is 42.9 Å². The zero-order valence-electron chi connectivity index (χ0n) is 26.0. The molecule has 0 aliphatic carbocycles. The molecule has 11 nitrogen and oxygen atoms in total. The summed E-state index contributed by atoms with van der Waals surface area (Å²) < 4.78 is 18.3. The first kappa shape index (κ1) is 30.6. The topological polar surface area (TPSA) is 115 Å². The van der Waals surface area contributed by atoms with Crippen LogP contribution in [-0.4, -0.2) is 80.9 Å². The highest BCUT2D eigenvalue weighted by Crippen LogP contribution is 2.34. The van der Waals surface area contributed by atoms with E-state index in [-0.39, 0.29) is 12.6 Å². The predicted molar refractivity (Wildman–Crippen MR) is 168 cm³/mol. The number of piperidine rings is 1. The monoisotopic (exact) mass is 598 g/mol. The van der Waals surface area contributed by atoms with Crippen molar-refractivity contribution in [2.45, 2.75) is 44.8 Å². The van der Waals surface area contributed by atoms with Gasteiger partial charge in [0.2, 0.25) is 0 Å². The Morgan fingerprint density at radius 3 is 2.34 bits per heavy atom. The summed E-state index contributed by atoms with van der Waals surface area (Å²) in [6.07, 6.45) is 5.67. The molecule has 230 valence electrons. The molecule has 2 aromatic heterocycles. The van der Waals surface area contributed by atoms with Crippen LogP contribution in [0.3, 0.4) is 0 Å². The van der Waals surface area contributed by atoms with Crippen molar-refractivity contribution >= 4 is 28.5 Å². The van der Waals surface area contributed by atoms with Crippen molar-refractivity contribution in [1.29, 1.82) is 0 Å². The Morgan fingerprint density at radius 2 is 1.73 bits per heavy atom. The van der Waals surface area contributed by atoms with E-state index in [2.05, 4.69) is 21.9 Å². The van der Waals surface area contributed by atoms with Gasteiger partial charge in [-0.1, -0.05) is 11.8 Å². The van der Waals surface area contributed by atoms with Gasteiger partial charge in [-0.15, -0.1) is 0 Å². The van der Waals surface area contributed by atoms with Crippen molar-refractivity contribution in [3.8, 4) is 34.6 Å². The lowest BCUT2D eigenvalue weighted by Crippen LogP contribution is -2.47. The minimum atomic E-state index is -1.22. The van der Waals surface area contributed by atoms with Crippen LogP contribution in [0, 0.1) is 11.8 Å². The molecule has 11 heteroatoms. The number of hydrogen-bond donors (Lipinski definition) is 1. The van der Waals surface area contributed by atoms with Crippen LogP contribution >= 0.6 is 0 Å². The van der Waals surface area contributed by atoms with Gasteiger partial charge in [0, 0.05) is 74.3 Å². The van der Waals surface area contributed by atoms with Gasteiger partial charge < -0.3 is 29.1 Å². The normalized spacial score (nSPS) is 14.5. The fraction of sp³-hybridized carbons (Fsp3) is 0.394. The minimum Gasteiger partial charge on any atom is -0.497 e. The smallest absolute Gasteiger partial charge is 0.410 e. The zero-order chi connectivity index (χ0) is 31.5. The van der Waals surface area contributed by atoms with Gasteiger partial charge in [-0.05, 0) is 39.0 Å². The SMILES string of the molecule is COc1cc(OC)cc(N(CC#CC2(O)CCN(C(=O)OC(C)(C)C)CC2)c2ccc3ncc(-c4cnn(C)c4)nc3c2)c1. The fourth-order valence-electron chi connectivity index (χ4n) is 4.93. The first-order valence-corrected chi connectivity index (χ1v) is 14.4. The Kier molecular flexibility index (Phi) is 8.65. The number of amides is 1. The van der Waals surface area contributed by atoms with Crippen LogP contribution in [0.25, 0.3) is 22.3 Å². The number of aliphatic hydroxyl groups is 1. The average molecular weight is 599 g/mol. The number of likely N-dealkylation sites (tertiary alicyclic amines) is 1. The van der Waals surface area contributed by atoms with Gasteiger partial charge in [-0.2, -0.15) is 5.10 Å². The molecule has 5 rings (SSSR count). The highest BCUT2D eigenvalue weighted by atomic mass is 16.6. The maximum atomic E-state index is 12.5. The van der Waals surface area contributed by atoms with Crippen molar-refractivity contribution in [3.05, 3.63) is 55.0 Å². The molecule has 0 bridgehead atoms. The molecule has 1 aliphatic heterocycles. The predicted octanol–water partition coefficient (Wildman–Crippen LogP) is 4.95. The van der Waals surface area contributed by atoms with E-state index in [1.165, 1.54) is 0 Å². The Morgan fingerprint density at radius 1 is 1.02 bits per heavy atom. The number of aryl methyl sites for hydroxylation is 1. The van der Waals surface area contributed by atoms with Gasteiger partial charge in [0.05, 0.1) is 49.9 Å². The van der Waals surface area contributed by atoms with Crippen molar-refractivity contribution in [2.24, 2.45) is 7.05 Å². The van der Waals surface area contributed by atoms with Crippen molar-refractivity contribution in [3.63, 3.8) is 0 Å². The number of ether oxygens (including phenoxy) is 3. The molecule has 0 unspecified atom stereocenters. The van der Waals surface area contributed by atoms with E-state index in [0.717, 1.165) is 28.1 Å². The van der Waals surface area contributed by atoms with Gasteiger partial charge in [0.15, 0.2) is 0 Å². The second-order valence-electron chi connectivity index (χ2n) is 11.8. The van der Waals surface area contributed by atoms with Gasteiger partial charge in [-0.25, -0.2) is 9.78 Å². The maximum Gasteiger partial charge on any atom is 0.410 e. The number of rotatable bonds is 6. The number of aromatic nitrogens is 4. The van der Waals surface area contributed by atoms with Crippen LogP contribution in [0.2, 0.25) is 0 Å². The summed E-state index contributed by atoms with van der Waals surface area (Å²) in [4.78, 5) is 25.6. The van der Waals surface area contributed by atoms with Crippen LogP contribution in [0.5, 0.6) is 11.5 Å². The van der Waals surface area contributed by atoms with Gasteiger partial charge in [0.25, 0.3) is 0 Å². The molecule has 1 aliphatic rings.